The summed E-state index contributed by atoms with van der Waals surface area (Å²) in [5.74, 6) is -0.223. The van der Waals surface area contributed by atoms with Gasteiger partial charge < -0.3 is 19.5 Å². The molecule has 0 aliphatic carbocycles. The SMILES string of the molecule is COc1ccc(CCN2C(=O)C(=O)/C(=C(/O)c3cc(C(C)(C)C)ccc3C)C2c2ccccc2)cc1OC. The van der Waals surface area contributed by atoms with Crippen molar-refractivity contribution < 1.29 is 24.2 Å². The highest BCUT2D eigenvalue weighted by molar-refractivity contribution is 6.46. The third-order valence-corrected chi connectivity index (χ3v) is 7.10. The molecule has 1 fully saturated rings. The van der Waals surface area contributed by atoms with Gasteiger partial charge in [-0.1, -0.05) is 69.3 Å². The van der Waals surface area contributed by atoms with Gasteiger partial charge in [-0.3, -0.25) is 9.59 Å². The molecule has 1 heterocycles. The number of benzene rings is 3. The zero-order chi connectivity index (χ0) is 27.6. The molecular formula is C32H35NO5. The van der Waals surface area contributed by atoms with Gasteiger partial charge in [-0.05, 0) is 59.2 Å². The molecule has 38 heavy (non-hydrogen) atoms. The van der Waals surface area contributed by atoms with Crippen molar-refractivity contribution in [3.05, 3.63) is 100 Å². The zero-order valence-corrected chi connectivity index (χ0v) is 22.9. The monoisotopic (exact) mass is 513 g/mol. The second-order valence-electron chi connectivity index (χ2n) is 10.6. The molecule has 1 aliphatic rings. The van der Waals surface area contributed by atoms with Crippen LogP contribution in [-0.4, -0.2) is 42.5 Å². The van der Waals surface area contributed by atoms with Crippen LogP contribution in [0.4, 0.5) is 0 Å². The largest absolute Gasteiger partial charge is 0.507 e. The first kappa shape index (κ1) is 27.0. The van der Waals surface area contributed by atoms with E-state index in [1.54, 1.807) is 19.1 Å². The van der Waals surface area contributed by atoms with E-state index in [0.717, 1.165) is 22.3 Å². The maximum atomic E-state index is 13.5. The molecule has 1 saturated heterocycles. The summed E-state index contributed by atoms with van der Waals surface area (Å²) in [6.45, 7) is 8.47. The van der Waals surface area contributed by atoms with E-state index in [0.29, 0.717) is 23.5 Å². The molecule has 1 amide bonds. The first-order chi connectivity index (χ1) is 18.1. The van der Waals surface area contributed by atoms with Gasteiger partial charge in [0.15, 0.2) is 11.5 Å². The standard InChI is InChI=1S/C32H35NO5/c1-20-12-14-23(32(2,3)4)19-24(20)29(34)27-28(22-10-8-7-9-11-22)33(31(36)30(27)35)17-16-21-13-15-25(37-5)26(18-21)38-6/h7-15,18-19,28,34H,16-17H2,1-6H3/b29-27+. The smallest absolute Gasteiger partial charge is 0.295 e. The Bertz CT molecular complexity index is 1380. The van der Waals surface area contributed by atoms with Crippen LogP contribution in [0.15, 0.2) is 72.3 Å². The predicted molar refractivity (Wildman–Crippen MR) is 149 cm³/mol. The normalized spacial score (nSPS) is 17.1. The summed E-state index contributed by atoms with van der Waals surface area (Å²) in [4.78, 5) is 28.4. The van der Waals surface area contributed by atoms with Crippen LogP contribution >= 0.6 is 0 Å². The van der Waals surface area contributed by atoms with Crippen LogP contribution in [0.25, 0.3) is 5.76 Å². The minimum absolute atomic E-state index is 0.114. The summed E-state index contributed by atoms with van der Waals surface area (Å²) in [6, 6.07) is 20.2. The Labute approximate surface area is 224 Å². The van der Waals surface area contributed by atoms with E-state index < -0.39 is 17.7 Å². The third kappa shape index (κ3) is 5.17. The highest BCUT2D eigenvalue weighted by Gasteiger charge is 2.46. The third-order valence-electron chi connectivity index (χ3n) is 7.10. The number of aryl methyl sites for hydroxylation is 1. The van der Waals surface area contributed by atoms with Gasteiger partial charge in [0, 0.05) is 12.1 Å². The number of carbonyl (C=O) groups is 2. The van der Waals surface area contributed by atoms with Gasteiger partial charge in [0.2, 0.25) is 0 Å². The topological polar surface area (TPSA) is 76.1 Å². The van der Waals surface area contributed by atoms with Crippen molar-refractivity contribution >= 4 is 17.4 Å². The lowest BCUT2D eigenvalue weighted by atomic mass is 9.84. The summed E-state index contributed by atoms with van der Waals surface area (Å²) >= 11 is 0. The van der Waals surface area contributed by atoms with Crippen molar-refractivity contribution in [2.75, 3.05) is 20.8 Å². The van der Waals surface area contributed by atoms with Gasteiger partial charge in [-0.2, -0.15) is 0 Å². The maximum Gasteiger partial charge on any atom is 0.295 e. The van der Waals surface area contributed by atoms with E-state index >= 15 is 0 Å². The average Bonchev–Trinajstić information content (AvgIpc) is 3.16. The number of hydrogen-bond acceptors (Lipinski definition) is 5. The van der Waals surface area contributed by atoms with Crippen molar-refractivity contribution in [3.8, 4) is 11.5 Å². The van der Waals surface area contributed by atoms with Crippen LogP contribution in [-0.2, 0) is 21.4 Å². The van der Waals surface area contributed by atoms with Crippen molar-refractivity contribution in [1.29, 1.82) is 0 Å². The Hall–Kier alpha value is -4.06. The van der Waals surface area contributed by atoms with E-state index in [9.17, 15) is 14.7 Å². The number of hydrogen-bond donors (Lipinski definition) is 1. The summed E-state index contributed by atoms with van der Waals surface area (Å²) in [7, 11) is 3.15. The van der Waals surface area contributed by atoms with Crippen LogP contribution in [0.3, 0.4) is 0 Å². The molecule has 0 spiro atoms. The number of ketones is 1. The molecule has 3 aromatic carbocycles. The molecule has 0 saturated carbocycles. The average molecular weight is 514 g/mol. The fourth-order valence-corrected chi connectivity index (χ4v) is 4.87. The van der Waals surface area contributed by atoms with E-state index in [4.69, 9.17) is 9.47 Å². The minimum Gasteiger partial charge on any atom is -0.507 e. The number of Topliss-reactive ketones (excluding diaryl/α,β-unsaturated/α-hetero) is 1. The van der Waals surface area contributed by atoms with Crippen LogP contribution in [0.5, 0.6) is 11.5 Å². The molecule has 198 valence electrons. The Balaban J connectivity index is 1.78. The first-order valence-corrected chi connectivity index (χ1v) is 12.7. The Morgan fingerprint density at radius 3 is 2.24 bits per heavy atom. The van der Waals surface area contributed by atoms with E-state index in [1.165, 1.54) is 0 Å². The number of aliphatic hydroxyl groups is 1. The molecule has 0 radical (unpaired) electrons. The minimum atomic E-state index is -0.700. The van der Waals surface area contributed by atoms with Gasteiger partial charge in [0.25, 0.3) is 11.7 Å². The molecule has 3 aromatic rings. The van der Waals surface area contributed by atoms with Gasteiger partial charge in [-0.25, -0.2) is 0 Å². The van der Waals surface area contributed by atoms with E-state index in [-0.39, 0.29) is 23.3 Å². The molecule has 1 unspecified atom stereocenters. The molecule has 4 rings (SSSR count). The van der Waals surface area contributed by atoms with Gasteiger partial charge in [0.05, 0.1) is 25.8 Å². The number of likely N-dealkylation sites (tertiary alicyclic amines) is 1. The predicted octanol–water partition coefficient (Wildman–Crippen LogP) is 5.97. The number of nitrogens with zero attached hydrogens (tertiary/aromatic N) is 1. The highest BCUT2D eigenvalue weighted by Crippen LogP contribution is 2.40. The van der Waals surface area contributed by atoms with Crippen molar-refractivity contribution in [2.24, 2.45) is 0 Å². The quantitative estimate of drug-likeness (QED) is 0.239. The Morgan fingerprint density at radius 1 is 0.921 bits per heavy atom. The zero-order valence-electron chi connectivity index (χ0n) is 22.9. The van der Waals surface area contributed by atoms with Gasteiger partial charge in [-0.15, -0.1) is 0 Å². The van der Waals surface area contributed by atoms with Crippen molar-refractivity contribution in [2.45, 2.75) is 45.6 Å². The lowest BCUT2D eigenvalue weighted by Crippen LogP contribution is -2.31. The van der Waals surface area contributed by atoms with E-state index in [1.807, 2.05) is 73.7 Å². The van der Waals surface area contributed by atoms with Gasteiger partial charge in [0.1, 0.15) is 5.76 Å². The fraction of sp³-hybridized carbons (Fsp3) is 0.312. The molecule has 0 aromatic heterocycles. The maximum absolute atomic E-state index is 13.5. The second kappa shape index (κ2) is 10.7. The number of ether oxygens (including phenoxy) is 2. The lowest BCUT2D eigenvalue weighted by molar-refractivity contribution is -0.139. The van der Waals surface area contributed by atoms with Gasteiger partial charge >= 0.3 is 0 Å². The van der Waals surface area contributed by atoms with Crippen LogP contribution in [0, 0.1) is 6.92 Å². The Morgan fingerprint density at radius 2 is 1.61 bits per heavy atom. The highest BCUT2D eigenvalue weighted by atomic mass is 16.5. The van der Waals surface area contributed by atoms with Crippen LogP contribution in [0.1, 0.15) is 54.6 Å². The molecule has 1 aliphatic heterocycles. The Kier molecular flexibility index (Phi) is 7.63. The number of rotatable bonds is 7. The number of amides is 1. The van der Waals surface area contributed by atoms with E-state index in [2.05, 4.69) is 20.8 Å². The second-order valence-corrected chi connectivity index (χ2v) is 10.6. The molecular weight excluding hydrogens is 478 g/mol. The molecule has 6 heteroatoms. The lowest BCUT2D eigenvalue weighted by Gasteiger charge is -2.26. The van der Waals surface area contributed by atoms with Crippen LogP contribution in [0.2, 0.25) is 0 Å². The summed E-state index contributed by atoms with van der Waals surface area (Å²) in [5, 5.41) is 11.6. The molecule has 1 atom stereocenters. The summed E-state index contributed by atoms with van der Waals surface area (Å²) in [6.07, 6.45) is 0.495. The summed E-state index contributed by atoms with van der Waals surface area (Å²) in [5.41, 5.74) is 4.10. The number of aliphatic hydroxyl groups excluding tert-OH is 1. The molecule has 0 bridgehead atoms. The summed E-state index contributed by atoms with van der Waals surface area (Å²) < 4.78 is 10.7. The molecule has 1 N–H and O–H groups in total. The van der Waals surface area contributed by atoms with Crippen molar-refractivity contribution in [1.82, 2.24) is 4.90 Å². The van der Waals surface area contributed by atoms with Crippen LogP contribution < -0.4 is 9.47 Å². The fourth-order valence-electron chi connectivity index (χ4n) is 4.87. The first-order valence-electron chi connectivity index (χ1n) is 12.7. The molecule has 6 nitrogen and oxygen atoms in total. The number of methoxy groups -OCH3 is 2. The van der Waals surface area contributed by atoms with Crippen molar-refractivity contribution in [3.63, 3.8) is 0 Å². The number of carbonyl (C=O) groups excluding carboxylic acids is 2.